The summed E-state index contributed by atoms with van der Waals surface area (Å²) >= 11 is 0. The lowest BCUT2D eigenvalue weighted by molar-refractivity contribution is -0.385. The molecule has 1 amide bonds. The zero-order valence-electron chi connectivity index (χ0n) is 14.6. The third kappa shape index (κ3) is 6.38. The molecule has 9 nitrogen and oxygen atoms in total. The molecule has 0 aliphatic heterocycles. The maximum Gasteiger partial charge on any atom is 0.326 e. The number of carboxylic acids is 1. The Morgan fingerprint density at radius 1 is 1.36 bits per heavy atom. The number of ether oxygens (including phenoxy) is 2. The lowest BCUT2D eigenvalue weighted by Crippen LogP contribution is -2.42. The molecule has 0 aliphatic carbocycles. The van der Waals surface area contributed by atoms with Gasteiger partial charge in [-0.3, -0.25) is 14.9 Å². The Bertz CT molecular complexity index is 652. The van der Waals surface area contributed by atoms with Crippen LogP contribution in [-0.4, -0.2) is 47.3 Å². The summed E-state index contributed by atoms with van der Waals surface area (Å²) in [5.74, 6) is -1.95. The standard InChI is InChI=1S/C16H22N2O7/c1-16(2,3)25-8-7-11(15(20)21)17-14(19)10-5-6-12(18(22)23)13(9-10)24-4/h5-6,9,11H,7-8H2,1-4H3,(H,17,19)(H,20,21). The number of aliphatic carboxylic acids is 1. The van der Waals surface area contributed by atoms with Crippen LogP contribution in [0.1, 0.15) is 37.6 Å². The number of rotatable bonds is 8. The highest BCUT2D eigenvalue weighted by Gasteiger charge is 2.23. The average molecular weight is 354 g/mol. The molecule has 9 heteroatoms. The van der Waals surface area contributed by atoms with E-state index in [2.05, 4.69) is 5.32 Å². The Morgan fingerprint density at radius 2 is 2.00 bits per heavy atom. The van der Waals surface area contributed by atoms with Gasteiger partial charge in [0.2, 0.25) is 0 Å². The molecule has 0 aliphatic rings. The predicted octanol–water partition coefficient (Wildman–Crippen LogP) is 1.99. The number of nitro groups is 1. The first kappa shape index (κ1) is 20.4. The summed E-state index contributed by atoms with van der Waals surface area (Å²) < 4.78 is 10.4. The van der Waals surface area contributed by atoms with Gasteiger partial charge in [-0.05, 0) is 26.8 Å². The van der Waals surface area contributed by atoms with Gasteiger partial charge in [-0.25, -0.2) is 4.79 Å². The molecule has 25 heavy (non-hydrogen) atoms. The lowest BCUT2D eigenvalue weighted by atomic mass is 10.1. The Kier molecular flexibility index (Phi) is 6.86. The molecule has 0 bridgehead atoms. The minimum atomic E-state index is -1.19. The van der Waals surface area contributed by atoms with Crippen LogP contribution in [0, 0.1) is 10.1 Å². The monoisotopic (exact) mass is 354 g/mol. The third-order valence-electron chi connectivity index (χ3n) is 3.18. The van der Waals surface area contributed by atoms with Crippen LogP contribution in [0.5, 0.6) is 5.75 Å². The number of carbonyl (C=O) groups excluding carboxylic acids is 1. The molecule has 0 aromatic heterocycles. The summed E-state index contributed by atoms with van der Waals surface area (Å²) in [7, 11) is 1.24. The van der Waals surface area contributed by atoms with Crippen molar-refractivity contribution in [3.8, 4) is 5.75 Å². The van der Waals surface area contributed by atoms with E-state index in [0.717, 1.165) is 6.07 Å². The van der Waals surface area contributed by atoms with Gasteiger partial charge in [0.15, 0.2) is 5.75 Å². The highest BCUT2D eigenvalue weighted by atomic mass is 16.6. The molecule has 0 saturated carbocycles. The number of carbonyl (C=O) groups is 2. The molecule has 1 atom stereocenters. The fourth-order valence-electron chi connectivity index (χ4n) is 1.95. The first-order valence-corrected chi connectivity index (χ1v) is 7.55. The molecule has 0 radical (unpaired) electrons. The van der Waals surface area contributed by atoms with Crippen LogP contribution in [-0.2, 0) is 9.53 Å². The topological polar surface area (TPSA) is 128 Å². The van der Waals surface area contributed by atoms with E-state index >= 15 is 0 Å². The number of nitrogens with zero attached hydrogens (tertiary/aromatic N) is 1. The second kappa shape index (κ2) is 8.43. The molecular weight excluding hydrogens is 332 g/mol. The van der Waals surface area contributed by atoms with E-state index in [9.17, 15) is 24.8 Å². The van der Waals surface area contributed by atoms with Gasteiger partial charge in [0.05, 0.1) is 17.6 Å². The quantitative estimate of drug-likeness (QED) is 0.539. The maximum absolute atomic E-state index is 12.2. The van der Waals surface area contributed by atoms with E-state index in [-0.39, 0.29) is 30.0 Å². The molecule has 1 aromatic rings. The Hall–Kier alpha value is -2.68. The first-order valence-electron chi connectivity index (χ1n) is 7.55. The van der Waals surface area contributed by atoms with Crippen LogP contribution >= 0.6 is 0 Å². The number of carboxylic acid groups (broad SMARTS) is 1. The van der Waals surface area contributed by atoms with E-state index in [1.807, 2.05) is 20.8 Å². The number of benzene rings is 1. The summed E-state index contributed by atoms with van der Waals surface area (Å²) in [6.07, 6.45) is 0.0858. The van der Waals surface area contributed by atoms with Gasteiger partial charge < -0.3 is 19.9 Å². The van der Waals surface area contributed by atoms with Crippen LogP contribution in [0.25, 0.3) is 0 Å². The van der Waals surface area contributed by atoms with Crippen molar-refractivity contribution < 1.29 is 29.1 Å². The number of amides is 1. The second-order valence-corrected chi connectivity index (χ2v) is 6.26. The molecule has 0 heterocycles. The minimum Gasteiger partial charge on any atom is -0.490 e. The maximum atomic E-state index is 12.2. The molecule has 1 unspecified atom stereocenters. The van der Waals surface area contributed by atoms with Crippen LogP contribution in [0.15, 0.2) is 18.2 Å². The highest BCUT2D eigenvalue weighted by molar-refractivity contribution is 5.97. The largest absolute Gasteiger partial charge is 0.490 e. The van der Waals surface area contributed by atoms with Crippen molar-refractivity contribution in [2.24, 2.45) is 0 Å². The molecule has 0 spiro atoms. The van der Waals surface area contributed by atoms with Crippen molar-refractivity contribution in [2.45, 2.75) is 38.8 Å². The fourth-order valence-corrected chi connectivity index (χ4v) is 1.95. The van der Waals surface area contributed by atoms with Gasteiger partial charge in [-0.1, -0.05) is 0 Å². The van der Waals surface area contributed by atoms with Crippen molar-refractivity contribution in [1.29, 1.82) is 0 Å². The molecular formula is C16H22N2O7. The SMILES string of the molecule is COc1cc(C(=O)NC(CCOC(C)(C)C)C(=O)O)ccc1[N+](=O)[O-]. The fraction of sp³-hybridized carbons (Fsp3) is 0.500. The Balaban J connectivity index is 2.83. The van der Waals surface area contributed by atoms with Gasteiger partial charge in [0.1, 0.15) is 6.04 Å². The lowest BCUT2D eigenvalue weighted by Gasteiger charge is -2.21. The zero-order valence-corrected chi connectivity index (χ0v) is 14.6. The summed E-state index contributed by atoms with van der Waals surface area (Å²) in [4.78, 5) is 33.8. The molecule has 2 N–H and O–H groups in total. The molecule has 1 aromatic carbocycles. The van der Waals surface area contributed by atoms with E-state index in [1.165, 1.54) is 19.2 Å². The van der Waals surface area contributed by atoms with Gasteiger partial charge in [-0.15, -0.1) is 0 Å². The first-order chi connectivity index (χ1) is 11.5. The Morgan fingerprint density at radius 3 is 2.48 bits per heavy atom. The number of nitro benzene ring substituents is 1. The van der Waals surface area contributed by atoms with E-state index in [1.54, 1.807) is 0 Å². The van der Waals surface area contributed by atoms with Crippen LogP contribution in [0.4, 0.5) is 5.69 Å². The van der Waals surface area contributed by atoms with E-state index in [0.29, 0.717) is 0 Å². The smallest absolute Gasteiger partial charge is 0.326 e. The summed E-state index contributed by atoms with van der Waals surface area (Å²) in [6, 6.07) is 2.42. The molecule has 138 valence electrons. The average Bonchev–Trinajstić information content (AvgIpc) is 2.51. The van der Waals surface area contributed by atoms with Crippen LogP contribution in [0.2, 0.25) is 0 Å². The van der Waals surface area contributed by atoms with Crippen LogP contribution in [0.3, 0.4) is 0 Å². The van der Waals surface area contributed by atoms with Crippen molar-refractivity contribution in [1.82, 2.24) is 5.32 Å². The van der Waals surface area contributed by atoms with E-state index in [4.69, 9.17) is 9.47 Å². The number of hydrogen-bond acceptors (Lipinski definition) is 6. The van der Waals surface area contributed by atoms with Crippen LogP contribution < -0.4 is 10.1 Å². The van der Waals surface area contributed by atoms with Crippen molar-refractivity contribution in [3.63, 3.8) is 0 Å². The summed E-state index contributed by atoms with van der Waals surface area (Å²) in [5.41, 5.74) is -0.642. The number of methoxy groups -OCH3 is 1. The normalized spacial score (nSPS) is 12.3. The van der Waals surface area contributed by atoms with Crippen molar-refractivity contribution in [2.75, 3.05) is 13.7 Å². The second-order valence-electron chi connectivity index (χ2n) is 6.26. The van der Waals surface area contributed by atoms with Gasteiger partial charge in [0.25, 0.3) is 5.91 Å². The minimum absolute atomic E-state index is 0.0606. The van der Waals surface area contributed by atoms with Crippen molar-refractivity contribution >= 4 is 17.6 Å². The van der Waals surface area contributed by atoms with E-state index < -0.39 is 28.4 Å². The molecule has 0 fully saturated rings. The molecule has 1 rings (SSSR count). The van der Waals surface area contributed by atoms with Crippen molar-refractivity contribution in [3.05, 3.63) is 33.9 Å². The third-order valence-corrected chi connectivity index (χ3v) is 3.18. The molecule has 0 saturated heterocycles. The zero-order chi connectivity index (χ0) is 19.2. The van der Waals surface area contributed by atoms with Gasteiger partial charge in [-0.2, -0.15) is 0 Å². The number of hydrogen-bond donors (Lipinski definition) is 2. The predicted molar refractivity (Wildman–Crippen MR) is 88.9 cm³/mol. The summed E-state index contributed by atoms with van der Waals surface area (Å²) in [5, 5.41) is 22.5. The number of nitrogens with one attached hydrogen (secondary N) is 1. The van der Waals surface area contributed by atoms with Gasteiger partial charge >= 0.3 is 11.7 Å². The highest BCUT2D eigenvalue weighted by Crippen LogP contribution is 2.27. The Labute approximate surface area is 145 Å². The van der Waals surface area contributed by atoms with Gasteiger partial charge in [0, 0.05) is 30.7 Å². The summed E-state index contributed by atoms with van der Waals surface area (Å²) in [6.45, 7) is 5.67.